The maximum Gasteiger partial charge on any atom is 0.323 e. The summed E-state index contributed by atoms with van der Waals surface area (Å²) in [5, 5.41) is 7.87. The fraction of sp³-hybridized carbons (Fsp3) is 0.0476. The van der Waals surface area contributed by atoms with Crippen LogP contribution in [0.25, 0.3) is 0 Å². The molecule has 0 saturated carbocycles. The number of urea groups is 1. The highest BCUT2D eigenvalue weighted by Gasteiger charge is 2.14. The van der Waals surface area contributed by atoms with Crippen molar-refractivity contribution in [2.45, 2.75) is 6.92 Å². The van der Waals surface area contributed by atoms with Crippen molar-refractivity contribution in [3.63, 3.8) is 0 Å². The fourth-order valence-corrected chi connectivity index (χ4v) is 2.51. The van der Waals surface area contributed by atoms with Crippen molar-refractivity contribution in [3.8, 4) is 0 Å². The van der Waals surface area contributed by atoms with Crippen LogP contribution in [0.4, 0.5) is 30.6 Å². The molecule has 0 atom stereocenters. The number of hydrogen-bond donors (Lipinski definition) is 3. The molecule has 3 amide bonds. The van der Waals surface area contributed by atoms with Crippen molar-refractivity contribution in [3.05, 3.63) is 89.5 Å². The van der Waals surface area contributed by atoms with Gasteiger partial charge in [-0.2, -0.15) is 0 Å². The predicted octanol–water partition coefficient (Wildman–Crippen LogP) is 5.17. The van der Waals surface area contributed by atoms with E-state index in [0.717, 1.165) is 18.2 Å². The summed E-state index contributed by atoms with van der Waals surface area (Å²) in [5.41, 5.74) is 1.71. The lowest BCUT2D eigenvalue weighted by atomic mass is 10.1. The Balaban J connectivity index is 1.73. The number of amides is 3. The van der Waals surface area contributed by atoms with Crippen LogP contribution in [-0.4, -0.2) is 11.9 Å². The molecule has 3 rings (SSSR count). The lowest BCUT2D eigenvalue weighted by molar-refractivity contribution is 0.102. The largest absolute Gasteiger partial charge is 0.323 e. The Morgan fingerprint density at radius 3 is 2.25 bits per heavy atom. The summed E-state index contributed by atoms with van der Waals surface area (Å²) >= 11 is 0. The Bertz CT molecular complexity index is 1020. The topological polar surface area (TPSA) is 70.2 Å². The second-order valence-corrected chi connectivity index (χ2v) is 6.05. The molecule has 0 aliphatic rings. The minimum atomic E-state index is -0.826. The SMILES string of the molecule is Cc1ccc(NC(=O)Nc2ccccc2)cc1NC(=O)c1cc(F)ccc1F. The summed E-state index contributed by atoms with van der Waals surface area (Å²) in [6, 6.07) is 16.0. The number of halogens is 2. The third-order valence-electron chi connectivity index (χ3n) is 3.95. The van der Waals surface area contributed by atoms with E-state index in [9.17, 15) is 18.4 Å². The zero-order valence-corrected chi connectivity index (χ0v) is 14.9. The molecule has 0 fully saturated rings. The van der Waals surface area contributed by atoms with E-state index in [2.05, 4.69) is 16.0 Å². The van der Waals surface area contributed by atoms with E-state index >= 15 is 0 Å². The first-order valence-electron chi connectivity index (χ1n) is 8.42. The fourth-order valence-electron chi connectivity index (χ4n) is 2.51. The quantitative estimate of drug-likeness (QED) is 0.584. The lowest BCUT2D eigenvalue weighted by Gasteiger charge is -2.12. The standard InChI is InChI=1S/C21H17F2N3O2/c1-13-7-9-16(25-21(28)24-15-5-3-2-4-6-15)12-19(13)26-20(27)17-11-14(22)8-10-18(17)23/h2-12H,1H3,(H,26,27)(H2,24,25,28). The monoisotopic (exact) mass is 381 g/mol. The maximum absolute atomic E-state index is 13.8. The lowest BCUT2D eigenvalue weighted by Crippen LogP contribution is -2.20. The Kier molecular flexibility index (Phi) is 5.64. The van der Waals surface area contributed by atoms with E-state index < -0.39 is 29.1 Å². The van der Waals surface area contributed by atoms with Gasteiger partial charge in [-0.25, -0.2) is 13.6 Å². The molecule has 0 heterocycles. The van der Waals surface area contributed by atoms with Crippen molar-refractivity contribution in [2.24, 2.45) is 0 Å². The zero-order chi connectivity index (χ0) is 20.1. The van der Waals surface area contributed by atoms with Gasteiger partial charge in [0, 0.05) is 17.1 Å². The molecule has 0 aliphatic carbocycles. The zero-order valence-electron chi connectivity index (χ0n) is 14.9. The van der Waals surface area contributed by atoms with E-state index in [0.29, 0.717) is 22.6 Å². The predicted molar refractivity (Wildman–Crippen MR) is 105 cm³/mol. The van der Waals surface area contributed by atoms with E-state index in [1.165, 1.54) is 6.07 Å². The van der Waals surface area contributed by atoms with E-state index in [1.807, 2.05) is 6.07 Å². The summed E-state index contributed by atoms with van der Waals surface area (Å²) in [7, 11) is 0. The molecule has 7 heteroatoms. The Hall–Kier alpha value is -3.74. The highest BCUT2D eigenvalue weighted by molar-refractivity contribution is 6.05. The molecule has 0 unspecified atom stereocenters. The molecule has 28 heavy (non-hydrogen) atoms. The van der Waals surface area contributed by atoms with Gasteiger partial charge in [-0.3, -0.25) is 4.79 Å². The second kappa shape index (κ2) is 8.30. The number of nitrogens with one attached hydrogen (secondary N) is 3. The number of hydrogen-bond acceptors (Lipinski definition) is 2. The average Bonchev–Trinajstić information content (AvgIpc) is 2.67. The number of benzene rings is 3. The first-order valence-corrected chi connectivity index (χ1v) is 8.42. The van der Waals surface area contributed by atoms with Gasteiger partial charge in [0.2, 0.25) is 0 Å². The maximum atomic E-state index is 13.8. The molecule has 0 radical (unpaired) electrons. The van der Waals surface area contributed by atoms with Gasteiger partial charge in [0.05, 0.1) is 5.56 Å². The molecule has 5 nitrogen and oxygen atoms in total. The molecule has 0 aromatic heterocycles. The van der Waals surface area contributed by atoms with Gasteiger partial charge >= 0.3 is 6.03 Å². The summed E-state index contributed by atoms with van der Waals surface area (Å²) in [4.78, 5) is 24.4. The van der Waals surface area contributed by atoms with E-state index in [1.54, 1.807) is 43.3 Å². The van der Waals surface area contributed by atoms with E-state index in [4.69, 9.17) is 0 Å². The average molecular weight is 381 g/mol. The molecule has 0 bridgehead atoms. The van der Waals surface area contributed by atoms with Crippen LogP contribution in [0.5, 0.6) is 0 Å². The van der Waals surface area contributed by atoms with Crippen LogP contribution in [0.3, 0.4) is 0 Å². The van der Waals surface area contributed by atoms with Crippen LogP contribution in [0.15, 0.2) is 66.7 Å². The normalized spacial score (nSPS) is 10.2. The molecule has 3 N–H and O–H groups in total. The van der Waals surface area contributed by atoms with Crippen LogP contribution in [0, 0.1) is 18.6 Å². The number of aryl methyl sites for hydroxylation is 1. The molecule has 0 spiro atoms. The summed E-state index contributed by atoms with van der Waals surface area (Å²) in [6.07, 6.45) is 0. The molecular weight excluding hydrogens is 364 g/mol. The van der Waals surface area contributed by atoms with Crippen LogP contribution in [0.2, 0.25) is 0 Å². The Morgan fingerprint density at radius 2 is 1.50 bits per heavy atom. The Morgan fingerprint density at radius 1 is 0.786 bits per heavy atom. The van der Waals surface area contributed by atoms with Crippen molar-refractivity contribution in [1.29, 1.82) is 0 Å². The van der Waals surface area contributed by atoms with Crippen LogP contribution < -0.4 is 16.0 Å². The van der Waals surface area contributed by atoms with Gasteiger partial charge in [0.25, 0.3) is 5.91 Å². The van der Waals surface area contributed by atoms with Gasteiger partial charge in [0.1, 0.15) is 11.6 Å². The number of para-hydroxylation sites is 1. The summed E-state index contributed by atoms with van der Waals surface area (Å²) < 4.78 is 27.1. The van der Waals surface area contributed by atoms with Gasteiger partial charge < -0.3 is 16.0 Å². The van der Waals surface area contributed by atoms with Crippen molar-refractivity contribution in [1.82, 2.24) is 0 Å². The number of carbonyl (C=O) groups is 2. The highest BCUT2D eigenvalue weighted by Crippen LogP contribution is 2.22. The van der Waals surface area contributed by atoms with Gasteiger partial charge in [0.15, 0.2) is 0 Å². The van der Waals surface area contributed by atoms with Gasteiger partial charge in [-0.15, -0.1) is 0 Å². The first kappa shape index (κ1) is 19.0. The summed E-state index contributed by atoms with van der Waals surface area (Å²) in [5.74, 6) is -2.32. The number of rotatable bonds is 4. The smallest absolute Gasteiger partial charge is 0.322 e. The van der Waals surface area contributed by atoms with Crippen LogP contribution in [-0.2, 0) is 0 Å². The molecule has 0 aliphatic heterocycles. The van der Waals surface area contributed by atoms with Crippen molar-refractivity contribution in [2.75, 3.05) is 16.0 Å². The van der Waals surface area contributed by atoms with Gasteiger partial charge in [-0.1, -0.05) is 24.3 Å². The number of carbonyl (C=O) groups excluding carboxylic acids is 2. The molecular formula is C21H17F2N3O2. The van der Waals surface area contributed by atoms with E-state index in [-0.39, 0.29) is 0 Å². The third-order valence-corrected chi connectivity index (χ3v) is 3.95. The summed E-state index contributed by atoms with van der Waals surface area (Å²) in [6.45, 7) is 1.74. The molecule has 142 valence electrons. The molecule has 3 aromatic rings. The van der Waals surface area contributed by atoms with Gasteiger partial charge in [-0.05, 0) is 55.0 Å². The second-order valence-electron chi connectivity index (χ2n) is 6.05. The minimum Gasteiger partial charge on any atom is -0.322 e. The third kappa shape index (κ3) is 4.70. The Labute approximate surface area is 160 Å². The van der Waals surface area contributed by atoms with Crippen molar-refractivity contribution >= 4 is 29.0 Å². The highest BCUT2D eigenvalue weighted by atomic mass is 19.1. The minimum absolute atomic E-state index is 0.367. The molecule has 0 saturated heterocycles. The van der Waals surface area contributed by atoms with Crippen molar-refractivity contribution < 1.29 is 18.4 Å². The van der Waals surface area contributed by atoms with Crippen LogP contribution in [0.1, 0.15) is 15.9 Å². The van der Waals surface area contributed by atoms with Crippen LogP contribution >= 0.6 is 0 Å². The number of anilines is 3. The first-order chi connectivity index (χ1) is 13.4. The molecule has 3 aromatic carbocycles.